The van der Waals surface area contributed by atoms with Crippen LogP contribution in [0, 0.1) is 0 Å². The average Bonchev–Trinajstić information content (AvgIpc) is 2.99. The van der Waals surface area contributed by atoms with Gasteiger partial charge in [-0.2, -0.15) is 0 Å². The summed E-state index contributed by atoms with van der Waals surface area (Å²) in [6.45, 7) is 0.705. The van der Waals surface area contributed by atoms with E-state index in [1.165, 1.54) is 22.7 Å². The SMILES string of the molecule is NCc1csc(S(=O)(=O)NCCc2nccs2)c1. The van der Waals surface area contributed by atoms with E-state index in [-0.39, 0.29) is 0 Å². The highest BCUT2D eigenvalue weighted by molar-refractivity contribution is 7.91. The molecule has 3 N–H and O–H groups in total. The lowest BCUT2D eigenvalue weighted by atomic mass is 10.4. The molecule has 0 saturated heterocycles. The molecule has 0 fully saturated rings. The van der Waals surface area contributed by atoms with Crippen LogP contribution in [0.4, 0.5) is 0 Å². The second kappa shape index (κ2) is 5.89. The van der Waals surface area contributed by atoms with Gasteiger partial charge in [0.15, 0.2) is 0 Å². The Balaban J connectivity index is 1.95. The van der Waals surface area contributed by atoms with E-state index in [1.54, 1.807) is 17.6 Å². The molecule has 18 heavy (non-hydrogen) atoms. The largest absolute Gasteiger partial charge is 0.326 e. The van der Waals surface area contributed by atoms with Crippen molar-refractivity contribution in [1.29, 1.82) is 0 Å². The number of nitrogens with zero attached hydrogens (tertiary/aromatic N) is 1. The zero-order chi connectivity index (χ0) is 13.0. The van der Waals surface area contributed by atoms with Crippen LogP contribution in [0.2, 0.25) is 0 Å². The summed E-state index contributed by atoms with van der Waals surface area (Å²) >= 11 is 2.70. The molecule has 98 valence electrons. The third-order valence-corrected chi connectivity index (χ3v) is 6.03. The van der Waals surface area contributed by atoms with Crippen LogP contribution in [-0.2, 0) is 23.0 Å². The molecule has 0 amide bonds. The maximum atomic E-state index is 11.9. The molecule has 2 rings (SSSR count). The van der Waals surface area contributed by atoms with Crippen molar-refractivity contribution in [2.24, 2.45) is 5.73 Å². The van der Waals surface area contributed by atoms with E-state index in [4.69, 9.17) is 5.73 Å². The minimum atomic E-state index is -3.41. The Kier molecular flexibility index (Phi) is 4.46. The van der Waals surface area contributed by atoms with Gasteiger partial charge in [0.05, 0.1) is 5.01 Å². The first kappa shape index (κ1) is 13.6. The molecule has 2 aromatic rings. The zero-order valence-corrected chi connectivity index (χ0v) is 11.9. The number of aromatic nitrogens is 1. The van der Waals surface area contributed by atoms with Crippen molar-refractivity contribution in [2.45, 2.75) is 17.2 Å². The van der Waals surface area contributed by atoms with Crippen molar-refractivity contribution < 1.29 is 8.42 Å². The van der Waals surface area contributed by atoms with Crippen molar-refractivity contribution in [3.05, 3.63) is 33.6 Å². The minimum Gasteiger partial charge on any atom is -0.326 e. The fraction of sp³-hybridized carbons (Fsp3) is 0.300. The smallest absolute Gasteiger partial charge is 0.250 e. The van der Waals surface area contributed by atoms with Gasteiger partial charge in [0.2, 0.25) is 10.0 Å². The van der Waals surface area contributed by atoms with Gasteiger partial charge in [0.25, 0.3) is 0 Å². The molecule has 0 atom stereocenters. The Hall–Kier alpha value is -0.800. The maximum Gasteiger partial charge on any atom is 0.250 e. The minimum absolute atomic E-state index is 0.307. The molecule has 0 spiro atoms. The van der Waals surface area contributed by atoms with Gasteiger partial charge in [0, 0.05) is 31.1 Å². The molecule has 2 heterocycles. The molecule has 0 aliphatic carbocycles. The van der Waals surface area contributed by atoms with Gasteiger partial charge >= 0.3 is 0 Å². The molecule has 0 bridgehead atoms. The van der Waals surface area contributed by atoms with Crippen molar-refractivity contribution in [3.8, 4) is 0 Å². The first-order chi connectivity index (χ1) is 8.62. The lowest BCUT2D eigenvalue weighted by Gasteiger charge is -2.02. The van der Waals surface area contributed by atoms with E-state index in [0.29, 0.717) is 23.7 Å². The van der Waals surface area contributed by atoms with E-state index in [1.807, 2.05) is 5.38 Å². The molecular formula is C10H13N3O2S3. The Labute approximate surface area is 114 Å². The van der Waals surface area contributed by atoms with Crippen LogP contribution in [-0.4, -0.2) is 19.9 Å². The number of nitrogens with two attached hydrogens (primary N) is 1. The van der Waals surface area contributed by atoms with E-state index in [2.05, 4.69) is 9.71 Å². The second-order valence-corrected chi connectivity index (χ2v) is 7.44. The van der Waals surface area contributed by atoms with Crippen molar-refractivity contribution in [3.63, 3.8) is 0 Å². The summed E-state index contributed by atoms with van der Waals surface area (Å²) in [6.07, 6.45) is 2.31. The van der Waals surface area contributed by atoms with Gasteiger partial charge in [-0.3, -0.25) is 0 Å². The highest BCUT2D eigenvalue weighted by atomic mass is 32.2. The molecule has 0 aliphatic heterocycles. The van der Waals surface area contributed by atoms with Crippen LogP contribution in [0.15, 0.2) is 27.2 Å². The van der Waals surface area contributed by atoms with Crippen LogP contribution < -0.4 is 10.5 Å². The monoisotopic (exact) mass is 303 g/mol. The van der Waals surface area contributed by atoms with Gasteiger partial charge < -0.3 is 5.73 Å². The molecule has 0 aromatic carbocycles. The lowest BCUT2D eigenvalue weighted by Crippen LogP contribution is -2.25. The van der Waals surface area contributed by atoms with Crippen LogP contribution in [0.5, 0.6) is 0 Å². The first-order valence-corrected chi connectivity index (χ1v) is 8.51. The van der Waals surface area contributed by atoms with Crippen LogP contribution >= 0.6 is 22.7 Å². The van der Waals surface area contributed by atoms with Gasteiger partial charge in [-0.1, -0.05) is 0 Å². The van der Waals surface area contributed by atoms with Gasteiger partial charge in [0.1, 0.15) is 4.21 Å². The normalized spacial score (nSPS) is 11.8. The number of hydrogen-bond donors (Lipinski definition) is 2. The summed E-state index contributed by atoms with van der Waals surface area (Å²) in [6, 6.07) is 1.61. The number of sulfonamides is 1. The molecule has 8 heteroatoms. The number of thiazole rings is 1. The molecular weight excluding hydrogens is 290 g/mol. The highest BCUT2D eigenvalue weighted by Gasteiger charge is 2.15. The number of hydrogen-bond acceptors (Lipinski definition) is 6. The molecule has 2 aromatic heterocycles. The summed E-state index contributed by atoms with van der Waals surface area (Å²) in [5.74, 6) is 0. The van der Waals surface area contributed by atoms with Crippen LogP contribution in [0.3, 0.4) is 0 Å². The Morgan fingerprint density at radius 2 is 2.22 bits per heavy atom. The van der Waals surface area contributed by atoms with Gasteiger partial charge in [-0.25, -0.2) is 18.1 Å². The van der Waals surface area contributed by atoms with E-state index >= 15 is 0 Å². The van der Waals surface area contributed by atoms with E-state index < -0.39 is 10.0 Å². The molecule has 5 nitrogen and oxygen atoms in total. The van der Waals surface area contributed by atoms with Gasteiger partial charge in [-0.15, -0.1) is 22.7 Å². The van der Waals surface area contributed by atoms with Crippen LogP contribution in [0.1, 0.15) is 10.6 Å². The standard InChI is InChI=1S/C10H13N3O2S3/c11-6-8-5-10(17-7-8)18(14,15)13-2-1-9-12-3-4-16-9/h3-5,7,13H,1-2,6,11H2. The summed E-state index contributed by atoms with van der Waals surface area (Å²) < 4.78 is 26.7. The van der Waals surface area contributed by atoms with Gasteiger partial charge in [-0.05, 0) is 17.0 Å². The zero-order valence-electron chi connectivity index (χ0n) is 9.50. The summed E-state index contributed by atoms with van der Waals surface area (Å²) in [5.41, 5.74) is 6.29. The highest BCUT2D eigenvalue weighted by Crippen LogP contribution is 2.19. The van der Waals surface area contributed by atoms with Crippen LogP contribution in [0.25, 0.3) is 0 Å². The summed E-state index contributed by atoms with van der Waals surface area (Å²) in [4.78, 5) is 4.10. The number of nitrogens with one attached hydrogen (secondary N) is 1. The maximum absolute atomic E-state index is 11.9. The molecule has 0 aliphatic rings. The third kappa shape index (κ3) is 3.36. The number of thiophene rings is 1. The fourth-order valence-corrected chi connectivity index (χ4v) is 4.26. The first-order valence-electron chi connectivity index (χ1n) is 5.27. The average molecular weight is 303 g/mol. The quantitative estimate of drug-likeness (QED) is 0.839. The predicted octanol–water partition coefficient (Wildman–Crippen LogP) is 1.18. The molecule has 0 saturated carbocycles. The van der Waals surface area contributed by atoms with E-state index in [9.17, 15) is 8.42 Å². The van der Waals surface area contributed by atoms with Crippen molar-refractivity contribution >= 4 is 32.7 Å². The second-order valence-electron chi connectivity index (χ2n) is 3.55. The fourth-order valence-electron chi connectivity index (χ4n) is 1.34. The number of rotatable bonds is 6. The summed E-state index contributed by atoms with van der Waals surface area (Å²) in [7, 11) is -3.41. The molecule has 0 unspecified atom stereocenters. The van der Waals surface area contributed by atoms with E-state index in [0.717, 1.165) is 10.6 Å². The lowest BCUT2D eigenvalue weighted by molar-refractivity contribution is 0.583. The van der Waals surface area contributed by atoms with Crippen molar-refractivity contribution in [2.75, 3.05) is 6.54 Å². The Morgan fingerprint density at radius 3 is 2.83 bits per heavy atom. The Bertz CT molecular complexity index is 590. The summed E-state index contributed by atoms with van der Waals surface area (Å²) in [5, 5.41) is 4.55. The Morgan fingerprint density at radius 1 is 1.39 bits per heavy atom. The van der Waals surface area contributed by atoms with Crippen molar-refractivity contribution in [1.82, 2.24) is 9.71 Å². The predicted molar refractivity (Wildman–Crippen MR) is 73.2 cm³/mol. The third-order valence-electron chi connectivity index (χ3n) is 2.24. The topological polar surface area (TPSA) is 85.1 Å². The molecule has 0 radical (unpaired) electrons.